The van der Waals surface area contributed by atoms with Crippen molar-refractivity contribution < 1.29 is 19.2 Å². The Morgan fingerprint density at radius 3 is 2.89 bits per heavy atom. The number of rotatable bonds is 5. The smallest absolute Gasteiger partial charge is 0.273 e. The summed E-state index contributed by atoms with van der Waals surface area (Å²) >= 11 is 0. The molecule has 0 aliphatic carbocycles. The molecule has 1 unspecified atom stereocenters. The summed E-state index contributed by atoms with van der Waals surface area (Å²) in [7, 11) is 0. The molecule has 12 nitrogen and oxygen atoms in total. The first-order valence-corrected chi connectivity index (χ1v) is 11.4. The van der Waals surface area contributed by atoms with Crippen molar-refractivity contribution in [1.29, 1.82) is 0 Å². The fraction of sp³-hybridized carbons (Fsp3) is 0.208. The predicted octanol–water partition coefficient (Wildman–Crippen LogP) is 0.606. The summed E-state index contributed by atoms with van der Waals surface area (Å²) in [5.74, 6) is -1.46. The van der Waals surface area contributed by atoms with Crippen LogP contribution in [0.4, 0.5) is 0 Å². The van der Waals surface area contributed by atoms with Crippen molar-refractivity contribution >= 4 is 29.1 Å². The molecule has 3 aromatic heterocycles. The summed E-state index contributed by atoms with van der Waals surface area (Å²) in [5.41, 5.74) is 3.65. The van der Waals surface area contributed by atoms with E-state index in [9.17, 15) is 19.2 Å². The molecule has 4 amide bonds. The largest absolute Gasteiger partial charge is 0.345 e. The molecular formula is C24H20N8O4. The zero-order chi connectivity index (χ0) is 24.8. The van der Waals surface area contributed by atoms with Crippen molar-refractivity contribution in [1.82, 2.24) is 40.1 Å². The van der Waals surface area contributed by atoms with E-state index in [1.807, 2.05) is 24.3 Å². The fourth-order valence-electron chi connectivity index (χ4n) is 4.58. The molecule has 0 saturated carbocycles. The molecule has 0 bridgehead atoms. The maximum Gasteiger partial charge on any atom is 0.273 e. The third-order valence-corrected chi connectivity index (χ3v) is 6.43. The minimum atomic E-state index is -0.680. The Bertz CT molecular complexity index is 1550. The van der Waals surface area contributed by atoms with Gasteiger partial charge in [0.15, 0.2) is 5.69 Å². The zero-order valence-electron chi connectivity index (χ0n) is 18.9. The molecule has 0 radical (unpaired) electrons. The molecule has 1 saturated heterocycles. The first kappa shape index (κ1) is 21.6. The Morgan fingerprint density at radius 1 is 1.14 bits per heavy atom. The van der Waals surface area contributed by atoms with Gasteiger partial charge in [0.25, 0.3) is 11.8 Å². The highest BCUT2D eigenvalue weighted by molar-refractivity contribution is 6.05. The highest BCUT2D eigenvalue weighted by Crippen LogP contribution is 2.29. The second-order valence-corrected chi connectivity index (χ2v) is 8.66. The lowest BCUT2D eigenvalue weighted by molar-refractivity contribution is -0.136. The molecule has 1 fully saturated rings. The van der Waals surface area contributed by atoms with Gasteiger partial charge < -0.3 is 10.2 Å². The SMILES string of the molecule is O=C1CCC(N2Cc3ccc(-n4cc(C(=O)NCc5cccc6ccnn56)nn4)cc3C2=O)C(=O)N1. The molecule has 2 aliphatic heterocycles. The average molecular weight is 484 g/mol. The lowest BCUT2D eigenvalue weighted by Crippen LogP contribution is -2.52. The number of hydrogen-bond donors (Lipinski definition) is 2. The van der Waals surface area contributed by atoms with Crippen molar-refractivity contribution in [2.24, 2.45) is 0 Å². The van der Waals surface area contributed by atoms with E-state index in [4.69, 9.17) is 0 Å². The summed E-state index contributed by atoms with van der Waals surface area (Å²) in [4.78, 5) is 50.9. The number of aromatic nitrogens is 5. The Balaban J connectivity index is 1.16. The molecule has 4 aromatic rings. The van der Waals surface area contributed by atoms with Crippen LogP contribution in [-0.2, 0) is 22.7 Å². The van der Waals surface area contributed by atoms with E-state index in [2.05, 4.69) is 26.0 Å². The maximum absolute atomic E-state index is 13.1. The lowest BCUT2D eigenvalue weighted by Gasteiger charge is -2.29. The molecule has 6 rings (SSSR count). The van der Waals surface area contributed by atoms with Gasteiger partial charge in [-0.1, -0.05) is 17.3 Å². The van der Waals surface area contributed by atoms with Gasteiger partial charge in [-0.3, -0.25) is 24.5 Å². The minimum Gasteiger partial charge on any atom is -0.345 e. The van der Waals surface area contributed by atoms with E-state index < -0.39 is 17.9 Å². The van der Waals surface area contributed by atoms with Crippen molar-refractivity contribution in [3.63, 3.8) is 0 Å². The Morgan fingerprint density at radius 2 is 2.03 bits per heavy atom. The monoisotopic (exact) mass is 484 g/mol. The Kier molecular flexibility index (Phi) is 5.06. The number of carbonyl (C=O) groups excluding carboxylic acids is 4. The molecule has 1 aromatic carbocycles. The van der Waals surface area contributed by atoms with Gasteiger partial charge in [0, 0.05) is 24.7 Å². The summed E-state index contributed by atoms with van der Waals surface area (Å²) in [6, 6.07) is 12.1. The third kappa shape index (κ3) is 3.68. The van der Waals surface area contributed by atoms with Crippen LogP contribution in [0.1, 0.15) is 44.9 Å². The number of carbonyl (C=O) groups is 4. The average Bonchev–Trinajstić information content (AvgIpc) is 3.62. The molecule has 5 heterocycles. The molecule has 2 aliphatic rings. The number of amides is 4. The lowest BCUT2D eigenvalue weighted by atomic mass is 10.0. The minimum absolute atomic E-state index is 0.125. The number of pyridine rings is 1. The Hall–Kier alpha value is -4.87. The number of fused-ring (bicyclic) bond motifs is 2. The third-order valence-electron chi connectivity index (χ3n) is 6.43. The quantitative estimate of drug-likeness (QED) is 0.395. The van der Waals surface area contributed by atoms with Crippen molar-refractivity contribution in [3.8, 4) is 5.69 Å². The van der Waals surface area contributed by atoms with Crippen molar-refractivity contribution in [2.75, 3.05) is 0 Å². The van der Waals surface area contributed by atoms with E-state index in [1.165, 1.54) is 15.8 Å². The van der Waals surface area contributed by atoms with Gasteiger partial charge in [-0.25, -0.2) is 9.20 Å². The van der Waals surface area contributed by atoms with E-state index in [0.717, 1.165) is 16.8 Å². The molecule has 180 valence electrons. The van der Waals surface area contributed by atoms with Gasteiger partial charge in [0.1, 0.15) is 6.04 Å². The number of nitrogens with zero attached hydrogens (tertiary/aromatic N) is 6. The van der Waals surface area contributed by atoms with Gasteiger partial charge in [0.2, 0.25) is 11.8 Å². The van der Waals surface area contributed by atoms with Crippen molar-refractivity contribution in [2.45, 2.75) is 32.0 Å². The maximum atomic E-state index is 13.1. The standard InChI is InChI=1S/C24H20N8O4/c33-21-7-6-20(23(35)27-21)30-12-14-4-5-16(10-18(14)24(30)36)31-13-19(28-29-31)22(34)25-11-17-3-1-2-15-8-9-26-32(15)17/h1-5,8-10,13,20H,6-7,11-12H2,(H,25,34)(H,27,33,35). The van der Waals surface area contributed by atoms with Crippen LogP contribution in [0.25, 0.3) is 11.2 Å². The van der Waals surface area contributed by atoms with Gasteiger partial charge >= 0.3 is 0 Å². The fourth-order valence-corrected chi connectivity index (χ4v) is 4.58. The van der Waals surface area contributed by atoms with Crippen LogP contribution in [0.2, 0.25) is 0 Å². The number of piperidine rings is 1. The van der Waals surface area contributed by atoms with Gasteiger partial charge in [-0.05, 0) is 42.3 Å². The summed E-state index contributed by atoms with van der Waals surface area (Å²) in [6.45, 7) is 0.545. The number of hydrogen-bond acceptors (Lipinski definition) is 7. The molecule has 2 N–H and O–H groups in total. The van der Waals surface area contributed by atoms with Crippen LogP contribution in [0.5, 0.6) is 0 Å². The van der Waals surface area contributed by atoms with Crippen molar-refractivity contribution in [3.05, 3.63) is 77.4 Å². The molecular weight excluding hydrogens is 464 g/mol. The first-order valence-electron chi connectivity index (χ1n) is 11.4. The molecule has 0 spiro atoms. The van der Waals surface area contributed by atoms with E-state index in [0.29, 0.717) is 17.7 Å². The number of imide groups is 1. The normalized spacial score (nSPS) is 17.4. The predicted molar refractivity (Wildman–Crippen MR) is 124 cm³/mol. The van der Waals surface area contributed by atoms with Gasteiger partial charge in [0.05, 0.1) is 29.6 Å². The summed E-state index contributed by atoms with van der Waals surface area (Å²) < 4.78 is 3.17. The topological polar surface area (TPSA) is 144 Å². The second-order valence-electron chi connectivity index (χ2n) is 8.66. The Labute approximate surface area is 203 Å². The van der Waals surface area contributed by atoms with E-state index in [-0.39, 0.29) is 37.0 Å². The van der Waals surface area contributed by atoms with Crippen LogP contribution >= 0.6 is 0 Å². The number of nitrogens with one attached hydrogen (secondary N) is 2. The highest BCUT2D eigenvalue weighted by atomic mass is 16.2. The van der Waals surface area contributed by atoms with Gasteiger partial charge in [-0.15, -0.1) is 5.10 Å². The second kappa shape index (κ2) is 8.41. The van der Waals surface area contributed by atoms with E-state index in [1.54, 1.807) is 28.9 Å². The molecule has 36 heavy (non-hydrogen) atoms. The number of benzene rings is 1. The van der Waals surface area contributed by atoms with Crippen LogP contribution in [0.3, 0.4) is 0 Å². The van der Waals surface area contributed by atoms with Crippen LogP contribution in [0, 0.1) is 0 Å². The molecule has 1 atom stereocenters. The summed E-state index contributed by atoms with van der Waals surface area (Å²) in [6.07, 6.45) is 3.68. The van der Waals surface area contributed by atoms with Crippen LogP contribution in [-0.4, -0.2) is 59.2 Å². The van der Waals surface area contributed by atoms with Crippen LogP contribution < -0.4 is 10.6 Å². The molecule has 12 heteroatoms. The highest BCUT2D eigenvalue weighted by Gasteiger charge is 2.39. The van der Waals surface area contributed by atoms with Crippen LogP contribution in [0.15, 0.2) is 54.9 Å². The first-order chi connectivity index (χ1) is 17.5. The summed E-state index contributed by atoms with van der Waals surface area (Å²) in [5, 5.41) is 17.4. The van der Waals surface area contributed by atoms with E-state index >= 15 is 0 Å². The van der Waals surface area contributed by atoms with Gasteiger partial charge in [-0.2, -0.15) is 5.10 Å². The zero-order valence-corrected chi connectivity index (χ0v) is 18.9.